The van der Waals surface area contributed by atoms with Gasteiger partial charge in [0.1, 0.15) is 6.61 Å². The van der Waals surface area contributed by atoms with Crippen LogP contribution in [0.4, 0.5) is 0 Å². The number of benzene rings is 1. The Morgan fingerprint density at radius 3 is 2.58 bits per heavy atom. The molecule has 5 nitrogen and oxygen atoms in total. The molecular weight excluding hydrogens is 242 g/mol. The molecule has 0 amide bonds. The first kappa shape index (κ1) is 13.3. The normalized spacial score (nSPS) is 10.2. The number of nitrogens with two attached hydrogens (primary N) is 1. The van der Waals surface area contributed by atoms with Gasteiger partial charge in [-0.2, -0.15) is 0 Å². The topological polar surface area (TPSA) is 70.3 Å². The van der Waals surface area contributed by atoms with Crippen molar-refractivity contribution in [3.8, 4) is 11.5 Å². The van der Waals surface area contributed by atoms with E-state index in [-0.39, 0.29) is 0 Å². The van der Waals surface area contributed by atoms with Gasteiger partial charge >= 0.3 is 0 Å². The molecule has 0 saturated carbocycles. The van der Waals surface area contributed by atoms with Crippen LogP contribution in [0.25, 0.3) is 0 Å². The quantitative estimate of drug-likeness (QED) is 0.858. The molecule has 0 spiro atoms. The zero-order chi connectivity index (χ0) is 13.5. The van der Waals surface area contributed by atoms with Gasteiger partial charge in [-0.05, 0) is 30.7 Å². The predicted octanol–water partition coefficient (Wildman–Crippen LogP) is 1.91. The van der Waals surface area contributed by atoms with E-state index in [1.165, 1.54) is 0 Å². The molecule has 100 valence electrons. The van der Waals surface area contributed by atoms with Crippen LogP contribution in [0.15, 0.2) is 36.7 Å². The number of hydrogen-bond donors (Lipinski definition) is 1. The van der Waals surface area contributed by atoms with Crippen LogP contribution >= 0.6 is 0 Å². The molecule has 1 aromatic carbocycles. The second kappa shape index (κ2) is 6.70. The molecule has 5 heteroatoms. The van der Waals surface area contributed by atoms with E-state index in [9.17, 15) is 0 Å². The molecule has 0 aliphatic carbocycles. The van der Waals surface area contributed by atoms with Crippen molar-refractivity contribution >= 4 is 0 Å². The van der Waals surface area contributed by atoms with Crippen molar-refractivity contribution in [1.29, 1.82) is 0 Å². The maximum Gasteiger partial charge on any atom is 0.166 e. The van der Waals surface area contributed by atoms with Crippen molar-refractivity contribution in [2.75, 3.05) is 6.61 Å². The van der Waals surface area contributed by atoms with Crippen molar-refractivity contribution < 1.29 is 9.47 Å². The molecule has 0 atom stereocenters. The Balaban J connectivity index is 2.10. The highest BCUT2D eigenvalue weighted by Gasteiger charge is 2.07. The monoisotopic (exact) mass is 259 g/mol. The van der Waals surface area contributed by atoms with Crippen LogP contribution in [0.3, 0.4) is 0 Å². The van der Waals surface area contributed by atoms with Crippen LogP contribution < -0.4 is 15.2 Å². The molecule has 0 aliphatic rings. The second-order valence-corrected chi connectivity index (χ2v) is 3.87. The smallest absolute Gasteiger partial charge is 0.166 e. The second-order valence-electron chi connectivity index (χ2n) is 3.87. The summed E-state index contributed by atoms with van der Waals surface area (Å²) in [5.74, 6) is 2.00. The standard InChI is InChI=1S/C14H17N3O2/c1-2-18-13-8-11(9-15)4-5-12(13)19-10-14-16-6-3-7-17-14/h3-8H,2,9-10,15H2,1H3. The molecule has 0 aliphatic heterocycles. The maximum absolute atomic E-state index is 5.68. The Morgan fingerprint density at radius 2 is 1.89 bits per heavy atom. The first-order valence-electron chi connectivity index (χ1n) is 6.18. The van der Waals surface area contributed by atoms with Crippen LogP contribution in [0.2, 0.25) is 0 Å². The number of rotatable bonds is 6. The summed E-state index contributed by atoms with van der Waals surface area (Å²) in [6.07, 6.45) is 3.37. The van der Waals surface area contributed by atoms with E-state index in [1.807, 2.05) is 25.1 Å². The predicted molar refractivity (Wildman–Crippen MR) is 71.9 cm³/mol. The van der Waals surface area contributed by atoms with Crippen LogP contribution in [0.1, 0.15) is 18.3 Å². The van der Waals surface area contributed by atoms with E-state index in [4.69, 9.17) is 15.2 Å². The zero-order valence-electron chi connectivity index (χ0n) is 10.9. The molecule has 19 heavy (non-hydrogen) atoms. The minimum atomic E-state index is 0.308. The lowest BCUT2D eigenvalue weighted by atomic mass is 10.2. The molecule has 2 N–H and O–H groups in total. The highest BCUT2D eigenvalue weighted by atomic mass is 16.5. The number of nitrogens with zero attached hydrogens (tertiary/aromatic N) is 2. The van der Waals surface area contributed by atoms with E-state index in [1.54, 1.807) is 18.5 Å². The summed E-state index contributed by atoms with van der Waals surface area (Å²) in [5.41, 5.74) is 6.62. The van der Waals surface area contributed by atoms with Gasteiger partial charge in [0.05, 0.1) is 6.61 Å². The van der Waals surface area contributed by atoms with E-state index in [2.05, 4.69) is 9.97 Å². The summed E-state index contributed by atoms with van der Waals surface area (Å²) in [5, 5.41) is 0. The number of hydrogen-bond acceptors (Lipinski definition) is 5. The van der Waals surface area contributed by atoms with Gasteiger partial charge < -0.3 is 15.2 Å². The molecule has 0 radical (unpaired) electrons. The maximum atomic E-state index is 5.68. The fourth-order valence-corrected chi connectivity index (χ4v) is 1.61. The lowest BCUT2D eigenvalue weighted by molar-refractivity contribution is 0.263. The third-order valence-corrected chi connectivity index (χ3v) is 2.52. The Bertz CT molecular complexity index is 517. The first-order chi connectivity index (χ1) is 9.33. The highest BCUT2D eigenvalue weighted by Crippen LogP contribution is 2.28. The summed E-state index contributed by atoms with van der Waals surface area (Å²) in [6.45, 7) is 3.29. The fraction of sp³-hybridized carbons (Fsp3) is 0.286. The molecule has 0 unspecified atom stereocenters. The van der Waals surface area contributed by atoms with Gasteiger partial charge in [-0.15, -0.1) is 0 Å². The molecular formula is C14H17N3O2. The summed E-state index contributed by atoms with van der Waals surface area (Å²) in [6, 6.07) is 7.44. The molecule has 2 rings (SSSR count). The lowest BCUT2D eigenvalue weighted by Gasteiger charge is -2.12. The van der Waals surface area contributed by atoms with Crippen LogP contribution in [0.5, 0.6) is 11.5 Å². The minimum absolute atomic E-state index is 0.308. The van der Waals surface area contributed by atoms with E-state index in [0.717, 1.165) is 5.56 Å². The van der Waals surface area contributed by atoms with E-state index in [0.29, 0.717) is 37.1 Å². The molecule has 1 heterocycles. The minimum Gasteiger partial charge on any atom is -0.490 e. The number of ether oxygens (including phenoxy) is 2. The van der Waals surface area contributed by atoms with Crippen molar-refractivity contribution in [3.05, 3.63) is 48.0 Å². The van der Waals surface area contributed by atoms with E-state index < -0.39 is 0 Å². The zero-order valence-corrected chi connectivity index (χ0v) is 10.9. The Labute approximate surface area is 112 Å². The number of aromatic nitrogens is 2. The van der Waals surface area contributed by atoms with Gasteiger partial charge in [-0.25, -0.2) is 9.97 Å². The summed E-state index contributed by atoms with van der Waals surface area (Å²) < 4.78 is 11.2. The summed E-state index contributed by atoms with van der Waals surface area (Å²) >= 11 is 0. The van der Waals surface area contributed by atoms with Gasteiger partial charge in [-0.1, -0.05) is 6.07 Å². The fourth-order valence-electron chi connectivity index (χ4n) is 1.61. The SMILES string of the molecule is CCOc1cc(CN)ccc1OCc1ncccn1. The summed E-state index contributed by atoms with van der Waals surface area (Å²) in [4.78, 5) is 8.21. The van der Waals surface area contributed by atoms with Crippen LogP contribution in [0, 0.1) is 0 Å². The Hall–Kier alpha value is -2.14. The third kappa shape index (κ3) is 3.66. The van der Waals surface area contributed by atoms with Crippen LogP contribution in [-0.4, -0.2) is 16.6 Å². The molecule has 0 fully saturated rings. The van der Waals surface area contributed by atoms with Crippen molar-refractivity contribution in [2.24, 2.45) is 5.73 Å². The molecule has 2 aromatic rings. The van der Waals surface area contributed by atoms with Gasteiger partial charge in [0.2, 0.25) is 0 Å². The first-order valence-corrected chi connectivity index (χ1v) is 6.18. The van der Waals surface area contributed by atoms with Crippen molar-refractivity contribution in [3.63, 3.8) is 0 Å². The van der Waals surface area contributed by atoms with Crippen LogP contribution in [-0.2, 0) is 13.2 Å². The molecule has 0 saturated heterocycles. The average Bonchev–Trinajstić information content (AvgIpc) is 2.47. The molecule has 1 aromatic heterocycles. The molecule has 0 bridgehead atoms. The Morgan fingerprint density at radius 1 is 1.11 bits per heavy atom. The summed E-state index contributed by atoms with van der Waals surface area (Å²) in [7, 11) is 0. The van der Waals surface area contributed by atoms with Gasteiger partial charge in [0.25, 0.3) is 0 Å². The third-order valence-electron chi connectivity index (χ3n) is 2.52. The van der Waals surface area contributed by atoms with E-state index >= 15 is 0 Å². The average molecular weight is 259 g/mol. The Kier molecular flexibility index (Phi) is 4.69. The largest absolute Gasteiger partial charge is 0.490 e. The van der Waals surface area contributed by atoms with Crippen molar-refractivity contribution in [2.45, 2.75) is 20.1 Å². The lowest BCUT2D eigenvalue weighted by Crippen LogP contribution is -2.04. The van der Waals surface area contributed by atoms with Crippen molar-refractivity contribution in [1.82, 2.24) is 9.97 Å². The highest BCUT2D eigenvalue weighted by molar-refractivity contribution is 5.43. The van der Waals surface area contributed by atoms with Gasteiger partial charge in [0.15, 0.2) is 17.3 Å². The van der Waals surface area contributed by atoms with Gasteiger partial charge in [0, 0.05) is 18.9 Å². The van der Waals surface area contributed by atoms with Gasteiger partial charge in [-0.3, -0.25) is 0 Å².